The van der Waals surface area contributed by atoms with Gasteiger partial charge in [-0.1, -0.05) is 20.3 Å². The lowest BCUT2D eigenvalue weighted by molar-refractivity contribution is -0.147. The standard InChI is InChI=1S/C12H23NO2/c1-5-6-9(2)12(14)13-7-10(3)15-11(4)8-13/h9-11H,5-8H2,1-4H3/t9?,10-,11+. The molecule has 1 aliphatic rings. The van der Waals surface area contributed by atoms with Gasteiger partial charge in [0.25, 0.3) is 0 Å². The summed E-state index contributed by atoms with van der Waals surface area (Å²) >= 11 is 0. The smallest absolute Gasteiger partial charge is 0.225 e. The molecule has 0 bridgehead atoms. The third-order valence-electron chi connectivity index (χ3n) is 2.87. The summed E-state index contributed by atoms with van der Waals surface area (Å²) in [6.45, 7) is 9.69. The Labute approximate surface area is 92.8 Å². The SMILES string of the molecule is CCCC(C)C(=O)N1C[C@@H](C)O[C@@H](C)C1. The van der Waals surface area contributed by atoms with Crippen LogP contribution in [0.25, 0.3) is 0 Å². The first-order chi connectivity index (χ1) is 7.04. The average molecular weight is 213 g/mol. The van der Waals surface area contributed by atoms with Crippen LogP contribution in [0, 0.1) is 5.92 Å². The van der Waals surface area contributed by atoms with E-state index >= 15 is 0 Å². The van der Waals surface area contributed by atoms with Crippen LogP contribution in [0.15, 0.2) is 0 Å². The van der Waals surface area contributed by atoms with Gasteiger partial charge in [-0.3, -0.25) is 4.79 Å². The van der Waals surface area contributed by atoms with Crippen LogP contribution >= 0.6 is 0 Å². The predicted molar refractivity (Wildman–Crippen MR) is 60.7 cm³/mol. The van der Waals surface area contributed by atoms with E-state index in [1.165, 1.54) is 0 Å². The van der Waals surface area contributed by atoms with Crippen LogP contribution in [0.5, 0.6) is 0 Å². The zero-order valence-corrected chi connectivity index (χ0v) is 10.3. The van der Waals surface area contributed by atoms with E-state index in [1.54, 1.807) is 0 Å². The second-order valence-corrected chi connectivity index (χ2v) is 4.69. The molecule has 0 N–H and O–H groups in total. The highest BCUT2D eigenvalue weighted by Crippen LogP contribution is 2.16. The largest absolute Gasteiger partial charge is 0.372 e. The minimum Gasteiger partial charge on any atom is -0.372 e. The Kier molecular flexibility index (Phi) is 4.58. The Morgan fingerprint density at radius 2 is 1.93 bits per heavy atom. The molecule has 0 spiro atoms. The molecule has 1 saturated heterocycles. The summed E-state index contributed by atoms with van der Waals surface area (Å²) in [7, 11) is 0. The fourth-order valence-electron chi connectivity index (χ4n) is 2.23. The molecule has 15 heavy (non-hydrogen) atoms. The van der Waals surface area contributed by atoms with Gasteiger partial charge < -0.3 is 9.64 Å². The van der Waals surface area contributed by atoms with Crippen molar-refractivity contribution in [2.75, 3.05) is 13.1 Å². The monoisotopic (exact) mass is 213 g/mol. The van der Waals surface area contributed by atoms with Crippen molar-refractivity contribution in [2.45, 2.75) is 52.7 Å². The highest BCUT2D eigenvalue weighted by atomic mass is 16.5. The number of carbonyl (C=O) groups excluding carboxylic acids is 1. The molecular formula is C12H23NO2. The maximum absolute atomic E-state index is 12.0. The Hall–Kier alpha value is -0.570. The van der Waals surface area contributed by atoms with Crippen LogP contribution in [0.1, 0.15) is 40.5 Å². The van der Waals surface area contributed by atoms with Crippen LogP contribution in [-0.2, 0) is 9.53 Å². The summed E-state index contributed by atoms with van der Waals surface area (Å²) in [5, 5.41) is 0. The third-order valence-corrected chi connectivity index (χ3v) is 2.87. The molecule has 1 rings (SSSR count). The van der Waals surface area contributed by atoms with Crippen molar-refractivity contribution >= 4 is 5.91 Å². The lowest BCUT2D eigenvalue weighted by Crippen LogP contribution is -2.49. The molecule has 0 aromatic carbocycles. The van der Waals surface area contributed by atoms with Gasteiger partial charge in [0, 0.05) is 19.0 Å². The topological polar surface area (TPSA) is 29.5 Å². The summed E-state index contributed by atoms with van der Waals surface area (Å²) in [5.41, 5.74) is 0. The maximum atomic E-state index is 12.0. The summed E-state index contributed by atoms with van der Waals surface area (Å²) < 4.78 is 5.61. The minimum absolute atomic E-state index is 0.160. The van der Waals surface area contributed by atoms with Crippen LogP contribution < -0.4 is 0 Å². The Bertz CT molecular complexity index is 208. The Morgan fingerprint density at radius 1 is 1.40 bits per heavy atom. The van der Waals surface area contributed by atoms with E-state index in [4.69, 9.17) is 4.74 Å². The van der Waals surface area contributed by atoms with Crippen molar-refractivity contribution in [1.29, 1.82) is 0 Å². The van der Waals surface area contributed by atoms with Crippen molar-refractivity contribution in [1.82, 2.24) is 4.90 Å². The van der Waals surface area contributed by atoms with Gasteiger partial charge in [-0.15, -0.1) is 0 Å². The number of amides is 1. The molecule has 88 valence electrons. The number of rotatable bonds is 3. The molecule has 1 aliphatic heterocycles. The fraction of sp³-hybridized carbons (Fsp3) is 0.917. The minimum atomic E-state index is 0.160. The van der Waals surface area contributed by atoms with Crippen LogP contribution in [0.4, 0.5) is 0 Å². The zero-order chi connectivity index (χ0) is 11.4. The van der Waals surface area contributed by atoms with E-state index in [2.05, 4.69) is 6.92 Å². The van der Waals surface area contributed by atoms with Gasteiger partial charge >= 0.3 is 0 Å². The summed E-state index contributed by atoms with van der Waals surface area (Å²) in [5.74, 6) is 0.450. The van der Waals surface area contributed by atoms with E-state index in [1.807, 2.05) is 25.7 Å². The fourth-order valence-corrected chi connectivity index (χ4v) is 2.23. The summed E-state index contributed by atoms with van der Waals surface area (Å²) in [6.07, 6.45) is 2.40. The quantitative estimate of drug-likeness (QED) is 0.718. The first-order valence-electron chi connectivity index (χ1n) is 5.98. The van der Waals surface area contributed by atoms with Crippen LogP contribution in [0.3, 0.4) is 0 Å². The highest BCUT2D eigenvalue weighted by molar-refractivity contribution is 5.78. The molecule has 1 heterocycles. The second kappa shape index (κ2) is 5.50. The molecule has 0 saturated carbocycles. The maximum Gasteiger partial charge on any atom is 0.225 e. The van der Waals surface area contributed by atoms with Gasteiger partial charge in [0.1, 0.15) is 0 Å². The lowest BCUT2D eigenvalue weighted by atomic mass is 10.0. The molecule has 3 nitrogen and oxygen atoms in total. The van der Waals surface area contributed by atoms with Gasteiger partial charge in [-0.2, -0.15) is 0 Å². The molecule has 3 heteroatoms. The number of morpholine rings is 1. The van der Waals surface area contributed by atoms with E-state index in [0.29, 0.717) is 5.91 Å². The van der Waals surface area contributed by atoms with Gasteiger partial charge in [-0.25, -0.2) is 0 Å². The molecule has 1 unspecified atom stereocenters. The molecule has 0 aromatic rings. The van der Waals surface area contributed by atoms with Crippen molar-refractivity contribution < 1.29 is 9.53 Å². The molecule has 3 atom stereocenters. The highest BCUT2D eigenvalue weighted by Gasteiger charge is 2.27. The van der Waals surface area contributed by atoms with E-state index in [-0.39, 0.29) is 18.1 Å². The van der Waals surface area contributed by atoms with Gasteiger partial charge in [-0.05, 0) is 20.3 Å². The molecular weight excluding hydrogens is 190 g/mol. The second-order valence-electron chi connectivity index (χ2n) is 4.69. The lowest BCUT2D eigenvalue weighted by Gasteiger charge is -2.36. The van der Waals surface area contributed by atoms with Crippen molar-refractivity contribution in [2.24, 2.45) is 5.92 Å². The molecule has 1 amide bonds. The van der Waals surface area contributed by atoms with E-state index < -0.39 is 0 Å². The Morgan fingerprint density at radius 3 is 2.40 bits per heavy atom. The molecule has 1 fully saturated rings. The van der Waals surface area contributed by atoms with Crippen molar-refractivity contribution in [3.05, 3.63) is 0 Å². The average Bonchev–Trinajstić information content (AvgIpc) is 2.15. The summed E-state index contributed by atoms with van der Waals surface area (Å²) in [4.78, 5) is 14.0. The van der Waals surface area contributed by atoms with Crippen molar-refractivity contribution in [3.8, 4) is 0 Å². The predicted octanol–water partition coefficient (Wildman–Crippen LogP) is 2.06. The number of hydrogen-bond donors (Lipinski definition) is 0. The number of hydrogen-bond acceptors (Lipinski definition) is 2. The van der Waals surface area contributed by atoms with E-state index in [0.717, 1.165) is 25.9 Å². The normalized spacial score (nSPS) is 28.9. The number of ether oxygens (including phenoxy) is 1. The molecule has 0 aliphatic carbocycles. The number of carbonyl (C=O) groups is 1. The number of nitrogens with zero attached hydrogens (tertiary/aromatic N) is 1. The summed E-state index contributed by atoms with van der Waals surface area (Å²) in [6, 6.07) is 0. The van der Waals surface area contributed by atoms with Crippen LogP contribution in [-0.4, -0.2) is 36.1 Å². The first kappa shape index (κ1) is 12.5. The zero-order valence-electron chi connectivity index (χ0n) is 10.3. The Balaban J connectivity index is 2.51. The first-order valence-corrected chi connectivity index (χ1v) is 5.98. The third kappa shape index (κ3) is 3.49. The van der Waals surface area contributed by atoms with Gasteiger partial charge in [0.15, 0.2) is 0 Å². The molecule has 0 radical (unpaired) electrons. The van der Waals surface area contributed by atoms with Crippen LogP contribution in [0.2, 0.25) is 0 Å². The van der Waals surface area contributed by atoms with Gasteiger partial charge in [0.2, 0.25) is 5.91 Å². The molecule has 0 aromatic heterocycles. The van der Waals surface area contributed by atoms with E-state index in [9.17, 15) is 4.79 Å². The van der Waals surface area contributed by atoms with Gasteiger partial charge in [0.05, 0.1) is 12.2 Å². The van der Waals surface area contributed by atoms with Crippen molar-refractivity contribution in [3.63, 3.8) is 0 Å².